The summed E-state index contributed by atoms with van der Waals surface area (Å²) in [5, 5.41) is 15.7. The standard InChI is InChI=1S/C17H13ClFN3O3S.C14H8ClFN2O2S.C3H6ClNO/c1-22(2)17(24)25-13-6-3-9(18)7-11(13)15(23)21-16-20-12-5-4-10(19)8-14(12)26-16;15-7-1-4-11(19)9(5-7)13(20)18-14-17-10-3-2-8(16)6-12(10)21-14;1-5(2)3(4)6/h3-8H,1-2H3,(H,20,21,23);1-6,19H,(H,17,18,20);1-2H3. The van der Waals surface area contributed by atoms with Crippen LogP contribution in [0.2, 0.25) is 10.0 Å². The lowest BCUT2D eigenvalue weighted by atomic mass is 10.2. The number of halogens is 5. The average Bonchev–Trinajstić information content (AvgIpc) is 3.68. The van der Waals surface area contributed by atoms with Crippen molar-refractivity contribution in [1.82, 2.24) is 19.8 Å². The Morgan fingerprint density at radius 1 is 0.698 bits per heavy atom. The first-order valence-corrected chi connectivity index (χ1v) is 17.6. The Kier molecular flexibility index (Phi) is 13.9. The van der Waals surface area contributed by atoms with Gasteiger partial charge in [0.15, 0.2) is 10.3 Å². The van der Waals surface area contributed by atoms with Crippen LogP contribution in [-0.2, 0) is 0 Å². The van der Waals surface area contributed by atoms with Crippen LogP contribution in [0, 0.1) is 11.6 Å². The van der Waals surface area contributed by atoms with E-state index in [1.54, 1.807) is 14.1 Å². The molecule has 0 bridgehead atoms. The third-order valence-corrected chi connectivity index (χ3v) is 9.12. The van der Waals surface area contributed by atoms with Crippen molar-refractivity contribution in [2.24, 2.45) is 0 Å². The predicted octanol–water partition coefficient (Wildman–Crippen LogP) is 9.35. The van der Waals surface area contributed by atoms with Gasteiger partial charge in [-0.15, -0.1) is 0 Å². The number of ether oxygens (including phenoxy) is 1. The minimum atomic E-state index is -0.628. The Hall–Kier alpha value is -5.13. The van der Waals surface area contributed by atoms with Gasteiger partial charge in [0.05, 0.1) is 31.6 Å². The van der Waals surface area contributed by atoms with Crippen LogP contribution >= 0.6 is 57.5 Å². The van der Waals surface area contributed by atoms with E-state index in [-0.39, 0.29) is 34.3 Å². The maximum atomic E-state index is 13.3. The molecule has 2 aromatic heterocycles. The van der Waals surface area contributed by atoms with Gasteiger partial charge in [0.1, 0.15) is 23.1 Å². The maximum Gasteiger partial charge on any atom is 0.414 e. The fourth-order valence-electron chi connectivity index (χ4n) is 3.88. The third-order valence-electron chi connectivity index (χ3n) is 6.45. The summed E-state index contributed by atoms with van der Waals surface area (Å²) >= 11 is 18.9. The van der Waals surface area contributed by atoms with Gasteiger partial charge >= 0.3 is 11.5 Å². The van der Waals surface area contributed by atoms with Crippen LogP contribution in [0.15, 0.2) is 72.8 Å². The number of hydrogen-bond donors (Lipinski definition) is 3. The van der Waals surface area contributed by atoms with Crippen molar-refractivity contribution in [2.75, 3.05) is 38.8 Å². The molecule has 0 aliphatic carbocycles. The van der Waals surface area contributed by atoms with Crippen molar-refractivity contribution in [1.29, 1.82) is 0 Å². The molecule has 276 valence electrons. The number of carbonyl (C=O) groups excluding carboxylic acids is 4. The number of thiazole rings is 2. The van der Waals surface area contributed by atoms with Crippen LogP contribution in [0.5, 0.6) is 11.5 Å². The lowest BCUT2D eigenvalue weighted by Crippen LogP contribution is -2.26. The normalized spacial score (nSPS) is 10.4. The number of aromatic nitrogens is 2. The van der Waals surface area contributed by atoms with Crippen LogP contribution in [0.4, 0.5) is 28.6 Å². The smallest absolute Gasteiger partial charge is 0.414 e. The molecule has 19 heteroatoms. The number of aromatic hydroxyl groups is 1. The number of anilines is 2. The molecule has 3 N–H and O–H groups in total. The van der Waals surface area contributed by atoms with Gasteiger partial charge in [0.25, 0.3) is 11.8 Å². The van der Waals surface area contributed by atoms with Crippen LogP contribution in [0.25, 0.3) is 20.4 Å². The van der Waals surface area contributed by atoms with E-state index in [9.17, 15) is 33.1 Å². The molecule has 0 aliphatic heterocycles. The number of nitrogens with one attached hydrogen (secondary N) is 2. The number of phenolic OH excluding ortho intramolecular Hbond substituents is 1. The van der Waals surface area contributed by atoms with Crippen molar-refractivity contribution in [2.45, 2.75) is 0 Å². The van der Waals surface area contributed by atoms with Crippen LogP contribution in [0.3, 0.4) is 0 Å². The molecule has 0 saturated carbocycles. The summed E-state index contributed by atoms with van der Waals surface area (Å²) < 4.78 is 32.8. The van der Waals surface area contributed by atoms with Crippen LogP contribution < -0.4 is 15.4 Å². The number of nitrogens with zero attached hydrogens (tertiary/aromatic N) is 4. The summed E-state index contributed by atoms with van der Waals surface area (Å²) in [6, 6.07) is 16.9. The number of phenols is 1. The molecule has 2 heterocycles. The van der Waals surface area contributed by atoms with Gasteiger partial charge in [-0.25, -0.2) is 23.5 Å². The van der Waals surface area contributed by atoms with Gasteiger partial charge < -0.3 is 19.6 Å². The van der Waals surface area contributed by atoms with Gasteiger partial charge in [0.2, 0.25) is 0 Å². The first-order chi connectivity index (χ1) is 25.0. The Labute approximate surface area is 323 Å². The van der Waals surface area contributed by atoms with E-state index < -0.39 is 23.3 Å². The van der Waals surface area contributed by atoms with Gasteiger partial charge in [-0.05, 0) is 84.4 Å². The van der Waals surface area contributed by atoms with Gasteiger partial charge in [0, 0.05) is 38.2 Å². The van der Waals surface area contributed by atoms with E-state index in [0.717, 1.165) is 22.7 Å². The van der Waals surface area contributed by atoms with E-state index in [2.05, 4.69) is 20.6 Å². The largest absolute Gasteiger partial charge is 0.507 e. The molecule has 6 aromatic rings. The highest BCUT2D eigenvalue weighted by Gasteiger charge is 2.19. The molecule has 0 spiro atoms. The summed E-state index contributed by atoms with van der Waals surface area (Å²) in [6.07, 6.45) is -0.628. The number of rotatable bonds is 5. The number of amides is 4. The lowest BCUT2D eigenvalue weighted by molar-refractivity contribution is 0.101. The summed E-state index contributed by atoms with van der Waals surface area (Å²) in [7, 11) is 6.24. The van der Waals surface area contributed by atoms with Crippen molar-refractivity contribution in [3.8, 4) is 11.5 Å². The lowest BCUT2D eigenvalue weighted by Gasteiger charge is -2.13. The SMILES string of the molecule is CN(C)C(=O)Cl.CN(C)C(=O)Oc1ccc(Cl)cc1C(=O)Nc1nc2ccc(F)cc2s1.O=C(Nc1nc2ccc(F)cc2s1)c1cc(Cl)ccc1O. The van der Waals surface area contributed by atoms with Crippen molar-refractivity contribution < 1.29 is 37.8 Å². The molecule has 6 rings (SSSR count). The van der Waals surface area contributed by atoms with Crippen LogP contribution in [0.1, 0.15) is 20.7 Å². The van der Waals surface area contributed by atoms with Crippen molar-refractivity contribution >= 4 is 111 Å². The van der Waals surface area contributed by atoms with E-state index in [1.165, 1.54) is 96.7 Å². The Balaban J connectivity index is 0.000000209. The second-order valence-corrected chi connectivity index (χ2v) is 14.1. The van der Waals surface area contributed by atoms with E-state index >= 15 is 0 Å². The number of carbonyl (C=O) groups is 4. The highest BCUT2D eigenvalue weighted by atomic mass is 35.5. The number of hydrogen-bond acceptors (Lipinski definition) is 10. The molecule has 0 fully saturated rings. The zero-order valence-corrected chi connectivity index (χ0v) is 31.8. The molecular weight excluding hydrogens is 797 g/mol. The minimum absolute atomic E-state index is 0.0490. The minimum Gasteiger partial charge on any atom is -0.507 e. The van der Waals surface area contributed by atoms with Gasteiger partial charge in [-0.3, -0.25) is 25.0 Å². The molecule has 0 saturated heterocycles. The average molecular weight is 824 g/mol. The Morgan fingerprint density at radius 3 is 1.62 bits per heavy atom. The van der Waals surface area contributed by atoms with Crippen LogP contribution in [-0.4, -0.2) is 76.3 Å². The summed E-state index contributed by atoms with van der Waals surface area (Å²) in [5.41, 5.74) is 1.29. The van der Waals surface area contributed by atoms with Gasteiger partial charge in [-0.1, -0.05) is 45.9 Å². The first kappa shape index (κ1) is 40.6. The summed E-state index contributed by atoms with van der Waals surface area (Å²) in [6.45, 7) is 0. The quantitative estimate of drug-likeness (QED) is 0.115. The molecule has 0 radical (unpaired) electrons. The third kappa shape index (κ3) is 11.4. The summed E-state index contributed by atoms with van der Waals surface area (Å²) in [4.78, 5) is 57.2. The molecular formula is C34H27Cl3F2N6O6S2. The first-order valence-electron chi connectivity index (χ1n) is 14.8. The molecule has 4 amide bonds. The fourth-order valence-corrected chi connectivity index (χ4v) is 5.99. The van der Waals surface area contributed by atoms with Crippen molar-refractivity contribution in [3.63, 3.8) is 0 Å². The van der Waals surface area contributed by atoms with E-state index in [4.69, 9.17) is 39.5 Å². The predicted molar refractivity (Wildman–Crippen MR) is 204 cm³/mol. The highest BCUT2D eigenvalue weighted by Crippen LogP contribution is 2.30. The fraction of sp³-hybridized carbons (Fsp3) is 0.118. The zero-order valence-electron chi connectivity index (χ0n) is 27.9. The molecule has 12 nitrogen and oxygen atoms in total. The zero-order chi connectivity index (χ0) is 39.0. The van der Waals surface area contributed by atoms with E-state index in [1.807, 2.05) is 0 Å². The Morgan fingerprint density at radius 2 is 1.15 bits per heavy atom. The monoisotopic (exact) mass is 822 g/mol. The number of benzene rings is 4. The maximum absolute atomic E-state index is 13.3. The molecule has 4 aromatic carbocycles. The highest BCUT2D eigenvalue weighted by molar-refractivity contribution is 7.22. The van der Waals surface area contributed by atoms with Crippen molar-refractivity contribution in [3.05, 3.63) is 106 Å². The molecule has 0 unspecified atom stereocenters. The molecule has 53 heavy (non-hydrogen) atoms. The Bertz CT molecular complexity index is 2320. The molecule has 0 atom stereocenters. The van der Waals surface area contributed by atoms with E-state index in [0.29, 0.717) is 40.7 Å². The second-order valence-electron chi connectivity index (χ2n) is 10.9. The van der Waals surface area contributed by atoms with Gasteiger partial charge in [-0.2, -0.15) is 0 Å². The number of fused-ring (bicyclic) bond motifs is 2. The summed E-state index contributed by atoms with van der Waals surface area (Å²) in [5.74, 6) is -1.94. The topological polar surface area (TPSA) is 154 Å². The molecule has 0 aliphatic rings. The second kappa shape index (κ2) is 18.1.